The second kappa shape index (κ2) is 15.8. The van der Waals surface area contributed by atoms with Gasteiger partial charge in [0.15, 0.2) is 0 Å². The number of ether oxygens (including phenoxy) is 4. The molecule has 318 valence electrons. The van der Waals surface area contributed by atoms with Crippen molar-refractivity contribution in [3.63, 3.8) is 0 Å². The van der Waals surface area contributed by atoms with Gasteiger partial charge in [0.1, 0.15) is 40.9 Å². The second-order valence-corrected chi connectivity index (χ2v) is 17.9. The molecule has 4 amide bonds. The predicted octanol–water partition coefficient (Wildman–Crippen LogP) is 3.99. The number of aromatic nitrogens is 1. The molecular formula is C38H47F4N5O10S. The molecule has 3 fully saturated rings. The van der Waals surface area contributed by atoms with Gasteiger partial charge in [-0.2, -0.15) is 13.2 Å². The van der Waals surface area contributed by atoms with E-state index in [-0.39, 0.29) is 38.1 Å². The highest BCUT2D eigenvalue weighted by atomic mass is 32.2. The maximum absolute atomic E-state index is 14.6. The second-order valence-electron chi connectivity index (χ2n) is 15.9. The normalized spacial score (nSPS) is 28.9. The highest BCUT2D eigenvalue weighted by Gasteiger charge is 2.64. The Kier molecular flexibility index (Phi) is 11.7. The van der Waals surface area contributed by atoms with Crippen LogP contribution >= 0.6 is 0 Å². The van der Waals surface area contributed by atoms with E-state index in [1.165, 1.54) is 20.2 Å². The molecule has 4 aliphatic rings. The third kappa shape index (κ3) is 8.39. The van der Waals surface area contributed by atoms with Crippen LogP contribution in [-0.4, -0.2) is 115 Å². The van der Waals surface area contributed by atoms with Crippen molar-refractivity contribution in [1.82, 2.24) is 25.2 Å². The number of alkyl carbamates (subject to hydrolysis) is 1. The van der Waals surface area contributed by atoms with Gasteiger partial charge in [0.05, 0.1) is 32.1 Å². The van der Waals surface area contributed by atoms with Gasteiger partial charge in [0.2, 0.25) is 33.3 Å². The van der Waals surface area contributed by atoms with E-state index in [0.717, 1.165) is 4.90 Å². The minimum Gasteiger partial charge on any atom is -0.494 e. The van der Waals surface area contributed by atoms with Crippen molar-refractivity contribution < 1.29 is 64.1 Å². The number of halogens is 4. The Morgan fingerprint density at radius 2 is 1.81 bits per heavy atom. The van der Waals surface area contributed by atoms with Gasteiger partial charge in [-0.15, -0.1) is 0 Å². The molecule has 1 aromatic carbocycles. The van der Waals surface area contributed by atoms with Gasteiger partial charge in [0, 0.05) is 23.1 Å². The monoisotopic (exact) mass is 841 g/mol. The van der Waals surface area contributed by atoms with Crippen molar-refractivity contribution in [2.45, 2.75) is 119 Å². The summed E-state index contributed by atoms with van der Waals surface area (Å²) in [6.07, 6.45) is -3.88. The Morgan fingerprint density at radius 1 is 1.12 bits per heavy atom. The van der Waals surface area contributed by atoms with Crippen LogP contribution in [0.2, 0.25) is 0 Å². The number of allylic oxidation sites excluding steroid dienone is 1. The smallest absolute Gasteiger partial charge is 0.427 e. The number of nitrogens with one attached hydrogen (secondary N) is 3. The van der Waals surface area contributed by atoms with E-state index in [4.69, 9.17) is 18.9 Å². The van der Waals surface area contributed by atoms with Gasteiger partial charge in [-0.05, 0) is 65.9 Å². The summed E-state index contributed by atoms with van der Waals surface area (Å²) in [6, 6.07) is 3.90. The molecule has 1 aromatic heterocycles. The lowest BCUT2D eigenvalue weighted by Crippen LogP contribution is -2.61. The number of rotatable bonds is 9. The first-order valence-corrected chi connectivity index (χ1v) is 20.4. The number of carbonyl (C=O) groups excluding carboxylic acids is 4. The van der Waals surface area contributed by atoms with Gasteiger partial charge in [-0.1, -0.05) is 30.4 Å². The van der Waals surface area contributed by atoms with Crippen LogP contribution in [0.5, 0.6) is 11.6 Å². The van der Waals surface area contributed by atoms with Crippen molar-refractivity contribution >= 4 is 44.6 Å². The van der Waals surface area contributed by atoms with Gasteiger partial charge in [-0.3, -0.25) is 19.1 Å². The van der Waals surface area contributed by atoms with E-state index >= 15 is 0 Å². The SMILES string of the molecule is COc1cnc(OC2CC3C(=O)NC4(C(=O)NS(=O)(=O)C5(CF)CC5)CC4C=CCCC(C)OC(C)C(NC(=O)OC(C)(C)C(F)(F)F)C(=O)N3C2)c2ccccc12. The van der Waals surface area contributed by atoms with Crippen molar-refractivity contribution in [1.29, 1.82) is 0 Å². The number of sulfonamides is 1. The molecule has 0 bridgehead atoms. The van der Waals surface area contributed by atoms with Gasteiger partial charge < -0.3 is 34.5 Å². The van der Waals surface area contributed by atoms with Crippen LogP contribution in [0, 0.1) is 5.92 Å². The van der Waals surface area contributed by atoms with Crippen LogP contribution < -0.4 is 24.8 Å². The third-order valence-electron chi connectivity index (χ3n) is 11.3. The van der Waals surface area contributed by atoms with Crippen LogP contribution in [0.15, 0.2) is 42.6 Å². The summed E-state index contributed by atoms with van der Waals surface area (Å²) in [5.41, 5.74) is -4.74. The van der Waals surface area contributed by atoms with Gasteiger partial charge in [-0.25, -0.2) is 22.6 Å². The van der Waals surface area contributed by atoms with Crippen molar-refractivity contribution in [2.75, 3.05) is 20.3 Å². The molecular weight excluding hydrogens is 795 g/mol. The fourth-order valence-corrected chi connectivity index (χ4v) is 8.69. The number of benzene rings is 1. The quantitative estimate of drug-likeness (QED) is 0.245. The molecule has 2 aliphatic carbocycles. The maximum Gasteiger partial charge on any atom is 0.427 e. The molecule has 7 atom stereocenters. The Bertz CT molecular complexity index is 2080. The number of hydrogen-bond acceptors (Lipinski definition) is 11. The summed E-state index contributed by atoms with van der Waals surface area (Å²) in [5, 5.41) is 6.11. The number of hydrogen-bond donors (Lipinski definition) is 3. The molecule has 2 saturated carbocycles. The van der Waals surface area contributed by atoms with Crippen LogP contribution in [0.3, 0.4) is 0 Å². The first-order chi connectivity index (χ1) is 27.2. The number of methoxy groups -OCH3 is 1. The fraction of sp³-hybridized carbons (Fsp3) is 0.605. The lowest BCUT2D eigenvalue weighted by atomic mass is 10.1. The van der Waals surface area contributed by atoms with E-state index in [0.29, 0.717) is 43.2 Å². The number of pyridine rings is 1. The van der Waals surface area contributed by atoms with Crippen LogP contribution in [0.25, 0.3) is 10.8 Å². The molecule has 15 nitrogen and oxygen atoms in total. The topological polar surface area (TPSA) is 192 Å². The van der Waals surface area contributed by atoms with Crippen molar-refractivity contribution in [2.24, 2.45) is 5.92 Å². The van der Waals surface area contributed by atoms with E-state index in [1.54, 1.807) is 43.3 Å². The number of nitrogens with zero attached hydrogens (tertiary/aromatic N) is 2. The molecule has 2 aromatic rings. The summed E-state index contributed by atoms with van der Waals surface area (Å²) >= 11 is 0. The zero-order chi connectivity index (χ0) is 42.4. The Hall–Kier alpha value is -4.72. The molecule has 7 unspecified atom stereocenters. The largest absolute Gasteiger partial charge is 0.494 e. The highest BCUT2D eigenvalue weighted by Crippen LogP contribution is 2.48. The van der Waals surface area contributed by atoms with Gasteiger partial charge in [0.25, 0.3) is 5.91 Å². The average Bonchev–Trinajstić information content (AvgIpc) is 4.06. The van der Waals surface area contributed by atoms with Crippen LogP contribution in [0.1, 0.15) is 66.2 Å². The Morgan fingerprint density at radius 3 is 2.45 bits per heavy atom. The summed E-state index contributed by atoms with van der Waals surface area (Å²) in [4.78, 5) is 61.5. The molecule has 20 heteroatoms. The van der Waals surface area contributed by atoms with Crippen LogP contribution in [0.4, 0.5) is 22.4 Å². The standard InChI is InChI=1S/C38H47F4N5O10S/c1-21-10-6-7-11-23-17-37(23,33(50)46-58(52,53)36(20-39)14-15-36)45-30(48)27-16-24(56-31-26-13-9-8-12-25(26)28(54-5)18-43-31)19-47(27)32(49)29(22(2)55-21)44-34(51)57-35(3,4)38(40,41)42/h7-9,11-13,18,21-24,27,29H,6,10,14-17,19-20H2,1-5H3,(H,44,51)(H,45,48)(H,46,50). The number of carbonyl (C=O) groups is 4. The van der Waals surface area contributed by atoms with E-state index < -0.39 is 98.9 Å². The van der Waals surface area contributed by atoms with Crippen molar-refractivity contribution in [3.8, 4) is 11.6 Å². The highest BCUT2D eigenvalue weighted by molar-refractivity contribution is 7.91. The first-order valence-electron chi connectivity index (χ1n) is 18.9. The molecule has 3 heterocycles. The van der Waals surface area contributed by atoms with E-state index in [2.05, 4.69) is 15.6 Å². The molecule has 0 radical (unpaired) electrons. The molecule has 2 aliphatic heterocycles. The molecule has 58 heavy (non-hydrogen) atoms. The lowest BCUT2D eigenvalue weighted by Gasteiger charge is -2.34. The van der Waals surface area contributed by atoms with E-state index in [1.807, 2.05) is 4.72 Å². The van der Waals surface area contributed by atoms with E-state index in [9.17, 15) is 45.2 Å². The summed E-state index contributed by atoms with van der Waals surface area (Å²) in [5.74, 6) is -3.01. The molecule has 6 rings (SSSR count). The lowest BCUT2D eigenvalue weighted by molar-refractivity contribution is -0.244. The fourth-order valence-electron chi connectivity index (χ4n) is 7.26. The average molecular weight is 842 g/mol. The number of alkyl halides is 4. The minimum absolute atomic E-state index is 0.0167. The first kappa shape index (κ1) is 42.9. The summed E-state index contributed by atoms with van der Waals surface area (Å²) in [6.45, 7) is 2.90. The summed E-state index contributed by atoms with van der Waals surface area (Å²) < 4.78 is 104. The zero-order valence-electron chi connectivity index (χ0n) is 32.6. The molecule has 1 saturated heterocycles. The molecule has 3 N–H and O–H groups in total. The molecule has 0 spiro atoms. The van der Waals surface area contributed by atoms with Crippen molar-refractivity contribution in [3.05, 3.63) is 42.6 Å². The predicted molar refractivity (Wildman–Crippen MR) is 199 cm³/mol. The minimum atomic E-state index is -4.96. The maximum atomic E-state index is 14.6. The Balaban J connectivity index is 1.36. The third-order valence-corrected chi connectivity index (χ3v) is 13.4. The van der Waals surface area contributed by atoms with Crippen LogP contribution in [-0.2, 0) is 33.9 Å². The summed E-state index contributed by atoms with van der Waals surface area (Å²) in [7, 11) is -3.01. The number of fused-ring (bicyclic) bond motifs is 3. The number of amides is 4. The van der Waals surface area contributed by atoms with Gasteiger partial charge >= 0.3 is 12.3 Å². The zero-order valence-corrected chi connectivity index (χ0v) is 33.4. The Labute approximate surface area is 332 Å².